The van der Waals surface area contributed by atoms with Crippen LogP contribution in [0.4, 0.5) is 0 Å². The van der Waals surface area contributed by atoms with Crippen LogP contribution in [0.1, 0.15) is 47.1 Å². The van der Waals surface area contributed by atoms with Crippen LogP contribution in [-0.2, 0) is 34.3 Å². The van der Waals surface area contributed by atoms with Gasteiger partial charge < -0.3 is 9.47 Å². The van der Waals surface area contributed by atoms with E-state index in [2.05, 4.69) is 11.5 Å². The molecule has 1 aliphatic rings. The van der Waals surface area contributed by atoms with Gasteiger partial charge in [0.2, 0.25) is 0 Å². The average molecular weight is 493 g/mol. The quantitative estimate of drug-likeness (QED) is 0.368. The Kier molecular flexibility index (Phi) is 8.33. The van der Waals surface area contributed by atoms with Crippen molar-refractivity contribution in [2.75, 3.05) is 33.4 Å². The van der Waals surface area contributed by atoms with E-state index in [1.54, 1.807) is 13.8 Å². The van der Waals surface area contributed by atoms with Gasteiger partial charge in [0.25, 0.3) is 10.0 Å². The Morgan fingerprint density at radius 3 is 2.52 bits per heavy atom. The fraction of sp³-hybridized carbons (Fsp3) is 0.458. The standard InChI is InChI=1S/C24H32N2O5S2/c1-6-26(14-17(3)4)33(28,29)24-22(23(27)30-5)20-12-13-25(16-21(20)32-24)15-18-8-10-19(11-9-18)31-7-2/h8-11H,3,6-7,12-16H2,1-2,4-5H3. The summed E-state index contributed by atoms with van der Waals surface area (Å²) < 4.78 is 38.9. The number of fused-ring (bicyclic) bond motifs is 1. The topological polar surface area (TPSA) is 76.2 Å². The third-order valence-corrected chi connectivity index (χ3v) is 9.14. The van der Waals surface area contributed by atoms with Crippen LogP contribution >= 0.6 is 11.3 Å². The second-order valence-electron chi connectivity index (χ2n) is 8.08. The van der Waals surface area contributed by atoms with Gasteiger partial charge in [0.05, 0.1) is 19.3 Å². The molecule has 0 saturated heterocycles. The number of ether oxygens (including phenoxy) is 2. The number of esters is 1. The zero-order valence-electron chi connectivity index (χ0n) is 19.7. The summed E-state index contributed by atoms with van der Waals surface area (Å²) in [4.78, 5) is 15.8. The van der Waals surface area contributed by atoms with E-state index in [-0.39, 0.29) is 16.3 Å². The van der Waals surface area contributed by atoms with Gasteiger partial charge in [-0.05, 0) is 43.5 Å². The van der Waals surface area contributed by atoms with E-state index in [9.17, 15) is 13.2 Å². The molecule has 0 N–H and O–H groups in total. The molecule has 1 aromatic carbocycles. The maximum atomic E-state index is 13.5. The number of carbonyl (C=O) groups excluding carboxylic acids is 1. The molecular weight excluding hydrogens is 460 g/mol. The predicted octanol–water partition coefficient (Wildman–Crippen LogP) is 4.08. The number of rotatable bonds is 10. The van der Waals surface area contributed by atoms with Crippen molar-refractivity contribution >= 4 is 27.3 Å². The highest BCUT2D eigenvalue weighted by Crippen LogP contribution is 2.38. The van der Waals surface area contributed by atoms with E-state index >= 15 is 0 Å². The molecule has 0 amide bonds. The minimum absolute atomic E-state index is 0.0744. The molecule has 0 saturated carbocycles. The number of thiophene rings is 1. The molecule has 0 aliphatic carbocycles. The summed E-state index contributed by atoms with van der Waals surface area (Å²) in [6.07, 6.45) is 0.593. The second-order valence-corrected chi connectivity index (χ2v) is 11.3. The minimum Gasteiger partial charge on any atom is -0.494 e. The highest BCUT2D eigenvalue weighted by molar-refractivity contribution is 7.91. The Hall–Kier alpha value is -2.20. The largest absolute Gasteiger partial charge is 0.494 e. The fourth-order valence-electron chi connectivity index (χ4n) is 3.96. The zero-order chi connectivity index (χ0) is 24.2. The van der Waals surface area contributed by atoms with Crippen LogP contribution in [0, 0.1) is 0 Å². The number of hydrogen-bond acceptors (Lipinski definition) is 7. The van der Waals surface area contributed by atoms with E-state index in [1.807, 2.05) is 31.2 Å². The van der Waals surface area contributed by atoms with E-state index < -0.39 is 16.0 Å². The van der Waals surface area contributed by atoms with Crippen LogP contribution < -0.4 is 4.74 Å². The summed E-state index contributed by atoms with van der Waals surface area (Å²) in [5, 5.41) is 0. The molecule has 7 nitrogen and oxygen atoms in total. The van der Waals surface area contributed by atoms with Gasteiger partial charge in [-0.15, -0.1) is 11.3 Å². The molecule has 1 aliphatic heterocycles. The average Bonchev–Trinajstić information content (AvgIpc) is 3.18. The van der Waals surface area contributed by atoms with Crippen LogP contribution in [-0.4, -0.2) is 56.9 Å². The van der Waals surface area contributed by atoms with E-state index in [0.29, 0.717) is 26.1 Å². The van der Waals surface area contributed by atoms with Gasteiger partial charge in [-0.3, -0.25) is 4.90 Å². The maximum absolute atomic E-state index is 13.5. The summed E-state index contributed by atoms with van der Waals surface area (Å²) in [5.74, 6) is 0.241. The first kappa shape index (κ1) is 25.4. The van der Waals surface area contributed by atoms with Gasteiger partial charge in [-0.1, -0.05) is 31.2 Å². The van der Waals surface area contributed by atoms with Crippen LogP contribution in [0.25, 0.3) is 0 Å². The minimum atomic E-state index is -3.85. The molecule has 9 heteroatoms. The van der Waals surface area contributed by atoms with Crippen molar-refractivity contribution in [3.8, 4) is 5.75 Å². The van der Waals surface area contributed by atoms with Gasteiger partial charge in [0.1, 0.15) is 9.96 Å². The number of likely N-dealkylation sites (N-methyl/N-ethyl adjacent to an activating group) is 1. The molecule has 0 bridgehead atoms. The molecule has 2 aromatic rings. The number of carbonyl (C=O) groups is 1. The molecule has 0 atom stereocenters. The third kappa shape index (κ3) is 5.66. The summed E-state index contributed by atoms with van der Waals surface area (Å²) in [5.41, 5.74) is 2.87. The molecule has 0 spiro atoms. The molecular formula is C24H32N2O5S2. The Balaban J connectivity index is 1.90. The molecule has 33 heavy (non-hydrogen) atoms. The van der Waals surface area contributed by atoms with Crippen LogP contribution in [0.15, 0.2) is 40.6 Å². The van der Waals surface area contributed by atoms with Crippen molar-refractivity contribution in [3.05, 3.63) is 58.0 Å². The number of benzene rings is 1. The first-order valence-electron chi connectivity index (χ1n) is 11.0. The molecule has 3 rings (SSSR count). The number of sulfonamides is 1. The summed E-state index contributed by atoms with van der Waals surface area (Å²) >= 11 is 1.18. The SMILES string of the molecule is C=C(C)CN(CC)S(=O)(=O)c1sc2c(c1C(=O)OC)CCN(Cc1ccc(OCC)cc1)C2. The second kappa shape index (κ2) is 10.8. The lowest BCUT2D eigenvalue weighted by molar-refractivity contribution is 0.0595. The summed E-state index contributed by atoms with van der Waals surface area (Å²) in [6, 6.07) is 8.00. The van der Waals surface area contributed by atoms with Gasteiger partial charge in [0, 0.05) is 37.6 Å². The maximum Gasteiger partial charge on any atom is 0.340 e. The molecule has 0 unspecified atom stereocenters. The van der Waals surface area contributed by atoms with Crippen molar-refractivity contribution in [3.63, 3.8) is 0 Å². The molecule has 1 aromatic heterocycles. The summed E-state index contributed by atoms with van der Waals surface area (Å²) in [6.45, 7) is 12.5. The normalized spacial score (nSPS) is 14.2. The van der Waals surface area contributed by atoms with E-state index in [4.69, 9.17) is 9.47 Å². The first-order valence-corrected chi connectivity index (χ1v) is 13.3. The van der Waals surface area contributed by atoms with Crippen LogP contribution in [0.2, 0.25) is 0 Å². The third-order valence-electron chi connectivity index (χ3n) is 5.51. The van der Waals surface area contributed by atoms with Gasteiger partial charge in [-0.2, -0.15) is 4.31 Å². The van der Waals surface area contributed by atoms with Crippen molar-refractivity contribution in [2.24, 2.45) is 0 Å². The fourth-order valence-corrected chi connectivity index (χ4v) is 7.53. The van der Waals surface area contributed by atoms with Crippen molar-refractivity contribution in [1.29, 1.82) is 0 Å². The summed E-state index contributed by atoms with van der Waals surface area (Å²) in [7, 11) is -2.57. The highest BCUT2D eigenvalue weighted by Gasteiger charge is 2.36. The van der Waals surface area contributed by atoms with Crippen LogP contribution in [0.5, 0.6) is 5.75 Å². The Morgan fingerprint density at radius 1 is 1.24 bits per heavy atom. The Morgan fingerprint density at radius 2 is 1.94 bits per heavy atom. The lowest BCUT2D eigenvalue weighted by atomic mass is 10.0. The Bertz CT molecular complexity index is 1110. The van der Waals surface area contributed by atoms with Crippen molar-refractivity contribution in [2.45, 2.75) is 44.5 Å². The number of nitrogens with zero attached hydrogens (tertiary/aromatic N) is 2. The van der Waals surface area contributed by atoms with Crippen molar-refractivity contribution < 1.29 is 22.7 Å². The molecule has 180 valence electrons. The van der Waals surface area contributed by atoms with Crippen molar-refractivity contribution in [1.82, 2.24) is 9.21 Å². The Labute approximate surface area is 200 Å². The highest BCUT2D eigenvalue weighted by atomic mass is 32.2. The molecule has 0 radical (unpaired) electrons. The lowest BCUT2D eigenvalue weighted by Gasteiger charge is -2.27. The number of methoxy groups -OCH3 is 1. The zero-order valence-corrected chi connectivity index (χ0v) is 21.4. The smallest absolute Gasteiger partial charge is 0.340 e. The van der Waals surface area contributed by atoms with Gasteiger partial charge >= 0.3 is 5.97 Å². The first-order chi connectivity index (χ1) is 15.7. The van der Waals surface area contributed by atoms with Crippen LogP contribution in [0.3, 0.4) is 0 Å². The molecule has 2 heterocycles. The monoisotopic (exact) mass is 492 g/mol. The lowest BCUT2D eigenvalue weighted by Crippen LogP contribution is -2.33. The van der Waals surface area contributed by atoms with Gasteiger partial charge in [0.15, 0.2) is 0 Å². The van der Waals surface area contributed by atoms with Gasteiger partial charge in [-0.25, -0.2) is 13.2 Å². The van der Waals surface area contributed by atoms with E-state index in [0.717, 1.165) is 40.4 Å². The molecule has 0 fully saturated rings. The number of hydrogen-bond donors (Lipinski definition) is 0. The van der Waals surface area contributed by atoms with E-state index in [1.165, 1.54) is 22.8 Å². The predicted molar refractivity (Wildman–Crippen MR) is 130 cm³/mol.